The van der Waals surface area contributed by atoms with Crippen molar-refractivity contribution in [3.8, 4) is 0 Å². The Labute approximate surface area is 169 Å². The van der Waals surface area contributed by atoms with E-state index in [0.717, 1.165) is 47.7 Å². The highest BCUT2D eigenvalue weighted by Gasteiger charge is 2.29. The van der Waals surface area contributed by atoms with Crippen LogP contribution in [-0.4, -0.2) is 53.1 Å². The molecule has 0 aliphatic carbocycles. The van der Waals surface area contributed by atoms with Gasteiger partial charge >= 0.3 is 0 Å². The highest BCUT2D eigenvalue weighted by atomic mass is 79.9. The number of allylic oxidation sites excluding steroid dienone is 2. The van der Waals surface area contributed by atoms with E-state index in [2.05, 4.69) is 78.7 Å². The molecule has 0 spiro atoms. The zero-order chi connectivity index (χ0) is 19.4. The molecule has 0 bridgehead atoms. The van der Waals surface area contributed by atoms with Crippen molar-refractivity contribution in [2.75, 3.05) is 37.4 Å². The van der Waals surface area contributed by atoms with E-state index in [1.807, 2.05) is 13.2 Å². The van der Waals surface area contributed by atoms with Gasteiger partial charge < -0.3 is 20.1 Å². The van der Waals surface area contributed by atoms with Gasteiger partial charge in [-0.25, -0.2) is 9.97 Å². The molecule has 1 unspecified atom stereocenters. The number of nitrogens with one attached hydrogen (secondary N) is 2. The summed E-state index contributed by atoms with van der Waals surface area (Å²) in [4.78, 5) is 16.8. The summed E-state index contributed by atoms with van der Waals surface area (Å²) in [6.07, 6.45) is 9.77. The maximum absolute atomic E-state index is 4.44. The number of likely N-dealkylation sites (tertiary alicyclic amines) is 1. The third-order valence-electron chi connectivity index (χ3n) is 5.04. The van der Waals surface area contributed by atoms with Crippen LogP contribution in [0.15, 0.2) is 47.4 Å². The third-order valence-corrected chi connectivity index (χ3v) is 5.45. The lowest BCUT2D eigenvalue weighted by molar-refractivity contribution is 0.480. The van der Waals surface area contributed by atoms with Gasteiger partial charge in [0, 0.05) is 57.0 Å². The summed E-state index contributed by atoms with van der Waals surface area (Å²) in [5.74, 6) is 1.78. The van der Waals surface area contributed by atoms with Gasteiger partial charge in [0.15, 0.2) is 0 Å². The largest absolute Gasteiger partial charge is 0.374 e. The predicted octanol–water partition coefficient (Wildman–Crippen LogP) is 4.13. The van der Waals surface area contributed by atoms with E-state index in [-0.39, 0.29) is 0 Å². The van der Waals surface area contributed by atoms with Crippen LogP contribution in [0.4, 0.5) is 11.8 Å². The van der Waals surface area contributed by atoms with Crippen LogP contribution in [0.5, 0.6) is 0 Å². The van der Waals surface area contributed by atoms with Crippen molar-refractivity contribution < 1.29 is 0 Å². The molecule has 0 aromatic carbocycles. The van der Waals surface area contributed by atoms with Crippen LogP contribution in [0, 0.1) is 0 Å². The number of aromatic nitrogens is 3. The van der Waals surface area contributed by atoms with E-state index in [0.29, 0.717) is 6.04 Å². The SMILES string of the molecule is C=C(/C=C(\c1cc[nH]c1NC)N1CCC(N(C)c2ncc(Br)cn2)C1)CC. The molecular weight excluding hydrogens is 404 g/mol. The first-order valence-corrected chi connectivity index (χ1v) is 10.0. The van der Waals surface area contributed by atoms with Crippen LogP contribution >= 0.6 is 15.9 Å². The van der Waals surface area contributed by atoms with Gasteiger partial charge in [-0.15, -0.1) is 0 Å². The second-order valence-electron chi connectivity index (χ2n) is 6.76. The molecule has 1 aliphatic heterocycles. The number of anilines is 2. The van der Waals surface area contributed by atoms with E-state index < -0.39 is 0 Å². The molecule has 0 saturated carbocycles. The molecule has 7 heteroatoms. The summed E-state index contributed by atoms with van der Waals surface area (Å²) in [6, 6.07) is 2.48. The van der Waals surface area contributed by atoms with Crippen molar-refractivity contribution in [1.82, 2.24) is 19.9 Å². The quantitative estimate of drug-likeness (QED) is 0.646. The number of halogens is 1. The molecule has 1 atom stereocenters. The van der Waals surface area contributed by atoms with Crippen molar-refractivity contribution in [1.29, 1.82) is 0 Å². The maximum Gasteiger partial charge on any atom is 0.225 e. The average Bonchev–Trinajstić information content (AvgIpc) is 3.35. The first-order chi connectivity index (χ1) is 13.0. The second kappa shape index (κ2) is 8.61. The first kappa shape index (κ1) is 19.5. The molecule has 27 heavy (non-hydrogen) atoms. The van der Waals surface area contributed by atoms with Crippen molar-refractivity contribution in [3.05, 3.63) is 52.9 Å². The highest BCUT2D eigenvalue weighted by Crippen LogP contribution is 2.31. The topological polar surface area (TPSA) is 60.1 Å². The maximum atomic E-state index is 4.44. The molecule has 1 fully saturated rings. The molecule has 1 saturated heterocycles. The number of hydrogen-bond donors (Lipinski definition) is 2. The number of nitrogens with zero attached hydrogens (tertiary/aromatic N) is 4. The summed E-state index contributed by atoms with van der Waals surface area (Å²) in [5.41, 5.74) is 3.51. The third kappa shape index (κ3) is 4.35. The van der Waals surface area contributed by atoms with E-state index in [9.17, 15) is 0 Å². The van der Waals surface area contributed by atoms with Gasteiger partial charge in [-0.1, -0.05) is 19.1 Å². The average molecular weight is 431 g/mol. The summed E-state index contributed by atoms with van der Waals surface area (Å²) >= 11 is 3.40. The Balaban J connectivity index is 1.82. The molecule has 6 nitrogen and oxygen atoms in total. The Hall–Kier alpha value is -2.28. The number of likely N-dealkylation sites (N-methyl/N-ethyl adjacent to an activating group) is 1. The highest BCUT2D eigenvalue weighted by molar-refractivity contribution is 9.10. The van der Waals surface area contributed by atoms with Gasteiger partial charge in [-0.2, -0.15) is 0 Å². The lowest BCUT2D eigenvalue weighted by atomic mass is 10.1. The molecule has 1 aliphatic rings. The van der Waals surface area contributed by atoms with Crippen LogP contribution in [0.1, 0.15) is 25.3 Å². The summed E-state index contributed by atoms with van der Waals surface area (Å²) in [7, 11) is 4.01. The Bertz CT molecular complexity index is 810. The number of rotatable bonds is 7. The fraction of sp³-hybridized carbons (Fsp3) is 0.400. The van der Waals surface area contributed by atoms with Gasteiger partial charge in [0.05, 0.1) is 10.5 Å². The molecule has 144 valence electrons. The van der Waals surface area contributed by atoms with Crippen LogP contribution < -0.4 is 10.2 Å². The van der Waals surface area contributed by atoms with Crippen molar-refractivity contribution in [2.45, 2.75) is 25.8 Å². The molecule has 2 aromatic rings. The molecule has 0 amide bonds. The molecule has 3 heterocycles. The standard InChI is InChI=1S/C20H27BrN6/c1-5-14(2)10-18(17-6-8-23-19(17)22-3)27-9-7-16(13-27)26(4)20-24-11-15(21)12-25-20/h6,8,10-12,16,22-23H,2,5,7,9,13H2,1,3-4H3/b18-10+. The van der Waals surface area contributed by atoms with Crippen molar-refractivity contribution in [2.24, 2.45) is 0 Å². The first-order valence-electron chi connectivity index (χ1n) is 9.23. The van der Waals surface area contributed by atoms with Gasteiger partial charge in [0.1, 0.15) is 5.82 Å². The smallest absolute Gasteiger partial charge is 0.225 e. The van der Waals surface area contributed by atoms with Crippen LogP contribution in [0.2, 0.25) is 0 Å². The summed E-state index contributed by atoms with van der Waals surface area (Å²) in [5, 5.41) is 3.25. The number of hydrogen-bond acceptors (Lipinski definition) is 5. The molecule has 0 radical (unpaired) electrons. The number of aromatic amines is 1. The van der Waals surface area contributed by atoms with Gasteiger partial charge in [-0.05, 0) is 40.9 Å². The Morgan fingerprint density at radius 1 is 1.48 bits per heavy atom. The monoisotopic (exact) mass is 430 g/mol. The van der Waals surface area contributed by atoms with E-state index in [4.69, 9.17) is 0 Å². The van der Waals surface area contributed by atoms with E-state index in [1.165, 1.54) is 11.3 Å². The minimum absolute atomic E-state index is 0.362. The summed E-state index contributed by atoms with van der Waals surface area (Å²) < 4.78 is 0.892. The zero-order valence-electron chi connectivity index (χ0n) is 16.2. The number of H-pyrrole nitrogens is 1. The van der Waals surface area contributed by atoms with Crippen LogP contribution in [0.3, 0.4) is 0 Å². The summed E-state index contributed by atoms with van der Waals surface area (Å²) in [6.45, 7) is 8.24. The van der Waals surface area contributed by atoms with Crippen LogP contribution in [0.25, 0.3) is 5.70 Å². The Morgan fingerprint density at radius 3 is 2.89 bits per heavy atom. The van der Waals surface area contributed by atoms with Gasteiger partial charge in [-0.3, -0.25) is 0 Å². The second-order valence-corrected chi connectivity index (χ2v) is 7.67. The van der Waals surface area contributed by atoms with E-state index >= 15 is 0 Å². The van der Waals surface area contributed by atoms with Gasteiger partial charge in [0.2, 0.25) is 5.95 Å². The predicted molar refractivity (Wildman–Crippen MR) is 116 cm³/mol. The fourth-order valence-electron chi connectivity index (χ4n) is 3.35. The molecular formula is C20H27BrN6. The van der Waals surface area contributed by atoms with Crippen molar-refractivity contribution >= 4 is 33.4 Å². The normalized spacial score (nSPS) is 17.3. The lowest BCUT2D eigenvalue weighted by Gasteiger charge is -2.27. The van der Waals surface area contributed by atoms with E-state index in [1.54, 1.807) is 12.4 Å². The molecule has 3 rings (SSSR count). The van der Waals surface area contributed by atoms with Gasteiger partial charge in [0.25, 0.3) is 0 Å². The van der Waals surface area contributed by atoms with Crippen LogP contribution in [-0.2, 0) is 0 Å². The Kier molecular flexibility index (Phi) is 6.21. The zero-order valence-corrected chi connectivity index (χ0v) is 17.8. The fourth-order valence-corrected chi connectivity index (χ4v) is 3.56. The molecule has 2 N–H and O–H groups in total. The minimum Gasteiger partial charge on any atom is -0.374 e. The Morgan fingerprint density at radius 2 is 2.22 bits per heavy atom. The molecule has 2 aromatic heterocycles. The lowest BCUT2D eigenvalue weighted by Crippen LogP contribution is -2.35. The minimum atomic E-state index is 0.362. The van der Waals surface area contributed by atoms with Crippen molar-refractivity contribution in [3.63, 3.8) is 0 Å².